The quantitative estimate of drug-likeness (QED) is 0.776. The Kier molecular flexibility index (Phi) is 2.88. The van der Waals surface area contributed by atoms with Crippen LogP contribution in [0.3, 0.4) is 0 Å². The summed E-state index contributed by atoms with van der Waals surface area (Å²) in [5.41, 5.74) is 0. The minimum atomic E-state index is -3.70. The number of rotatable bonds is 2. The van der Waals surface area contributed by atoms with E-state index in [2.05, 4.69) is 4.18 Å². The molecule has 0 heterocycles. The summed E-state index contributed by atoms with van der Waals surface area (Å²) in [5.74, 6) is 0. The van der Waals surface area contributed by atoms with Crippen LogP contribution in [0.25, 0.3) is 10.8 Å². The predicted molar refractivity (Wildman–Crippen MR) is 63.2 cm³/mol. The summed E-state index contributed by atoms with van der Waals surface area (Å²) < 4.78 is 27.5. The molecule has 0 unspecified atom stereocenters. The number of hydrogen-bond donors (Lipinski definition) is 0. The number of halogens is 1. The summed E-state index contributed by atoms with van der Waals surface area (Å²) in [6.45, 7) is 0. The van der Waals surface area contributed by atoms with E-state index in [1.54, 1.807) is 12.1 Å². The van der Waals surface area contributed by atoms with Crippen molar-refractivity contribution in [1.82, 2.24) is 0 Å². The largest absolute Gasteiger partial charge is 0.296 e. The first kappa shape index (κ1) is 11.4. The van der Waals surface area contributed by atoms with Gasteiger partial charge in [0.25, 0.3) is 10.1 Å². The Morgan fingerprint density at radius 2 is 1.88 bits per heavy atom. The fourth-order valence-corrected chi connectivity index (χ4v) is 2.56. The third kappa shape index (κ3) is 1.91. The fraction of sp³-hybridized carbons (Fsp3) is 0.0909. The number of fused-ring (bicyclic) bond motifs is 1. The summed E-state index contributed by atoms with van der Waals surface area (Å²) in [6, 6.07) is 10.2. The lowest BCUT2D eigenvalue weighted by atomic mass is 10.1. The maximum atomic E-state index is 11.5. The van der Waals surface area contributed by atoms with Crippen molar-refractivity contribution in [2.75, 3.05) is 7.11 Å². The van der Waals surface area contributed by atoms with E-state index in [1.807, 2.05) is 18.2 Å². The van der Waals surface area contributed by atoms with Gasteiger partial charge in [-0.05, 0) is 17.5 Å². The molecule has 0 N–H and O–H groups in total. The van der Waals surface area contributed by atoms with Gasteiger partial charge in [0.05, 0.1) is 12.0 Å². The van der Waals surface area contributed by atoms with E-state index >= 15 is 0 Å². The predicted octanol–water partition coefficient (Wildman–Crippen LogP) is 2.83. The maximum absolute atomic E-state index is 11.5. The Labute approximate surface area is 98.7 Å². The third-order valence-electron chi connectivity index (χ3n) is 2.29. The number of benzene rings is 2. The molecule has 3 nitrogen and oxygen atoms in total. The van der Waals surface area contributed by atoms with E-state index in [9.17, 15) is 8.42 Å². The molecule has 5 heteroatoms. The van der Waals surface area contributed by atoms with E-state index in [-0.39, 0.29) is 4.90 Å². The summed E-state index contributed by atoms with van der Waals surface area (Å²) in [4.78, 5) is 0.0682. The minimum absolute atomic E-state index is 0.0682. The van der Waals surface area contributed by atoms with Crippen LogP contribution in [-0.4, -0.2) is 15.5 Å². The zero-order valence-corrected chi connectivity index (χ0v) is 10.0. The van der Waals surface area contributed by atoms with Gasteiger partial charge in [-0.25, -0.2) is 0 Å². The van der Waals surface area contributed by atoms with Gasteiger partial charge in [0, 0.05) is 10.4 Å². The van der Waals surface area contributed by atoms with Crippen LogP contribution in [0.15, 0.2) is 41.3 Å². The van der Waals surface area contributed by atoms with E-state index < -0.39 is 10.1 Å². The Morgan fingerprint density at radius 3 is 2.56 bits per heavy atom. The van der Waals surface area contributed by atoms with Crippen LogP contribution >= 0.6 is 11.6 Å². The molecule has 2 aromatic carbocycles. The summed E-state index contributed by atoms with van der Waals surface area (Å²) in [7, 11) is -2.57. The van der Waals surface area contributed by atoms with Crippen molar-refractivity contribution in [2.45, 2.75) is 4.90 Å². The molecule has 0 atom stereocenters. The smallest absolute Gasteiger partial charge is 0.270 e. The van der Waals surface area contributed by atoms with E-state index in [0.717, 1.165) is 17.9 Å². The molecule has 0 aromatic heterocycles. The van der Waals surface area contributed by atoms with Gasteiger partial charge in [-0.2, -0.15) is 8.42 Å². The first-order valence-corrected chi connectivity index (χ1v) is 6.32. The SMILES string of the molecule is COS(=O)(=O)c1cc(Cl)c2ccccc2c1. The highest BCUT2D eigenvalue weighted by Crippen LogP contribution is 2.27. The van der Waals surface area contributed by atoms with Crippen LogP contribution < -0.4 is 0 Å². The van der Waals surface area contributed by atoms with Crippen LogP contribution in [0.4, 0.5) is 0 Å². The fourth-order valence-electron chi connectivity index (χ4n) is 1.48. The van der Waals surface area contributed by atoms with E-state index in [0.29, 0.717) is 5.02 Å². The Balaban J connectivity index is 2.77. The van der Waals surface area contributed by atoms with E-state index in [4.69, 9.17) is 11.6 Å². The van der Waals surface area contributed by atoms with Gasteiger partial charge in [-0.15, -0.1) is 0 Å². The normalized spacial score (nSPS) is 11.9. The zero-order valence-electron chi connectivity index (χ0n) is 8.48. The molecule has 0 bridgehead atoms. The lowest BCUT2D eigenvalue weighted by Crippen LogP contribution is -2.02. The summed E-state index contributed by atoms with van der Waals surface area (Å²) in [6.07, 6.45) is 0. The molecular weight excluding hydrogens is 248 g/mol. The van der Waals surface area contributed by atoms with Gasteiger partial charge >= 0.3 is 0 Å². The van der Waals surface area contributed by atoms with Gasteiger partial charge in [0.1, 0.15) is 0 Å². The highest BCUT2D eigenvalue weighted by molar-refractivity contribution is 7.86. The monoisotopic (exact) mass is 256 g/mol. The number of hydrogen-bond acceptors (Lipinski definition) is 3. The topological polar surface area (TPSA) is 43.4 Å². The molecular formula is C11H9ClO3S. The van der Waals surface area contributed by atoms with Crippen molar-refractivity contribution in [1.29, 1.82) is 0 Å². The molecule has 0 aliphatic heterocycles. The Morgan fingerprint density at radius 1 is 1.19 bits per heavy atom. The lowest BCUT2D eigenvalue weighted by Gasteiger charge is -2.05. The molecule has 0 saturated carbocycles. The molecule has 2 rings (SSSR count). The van der Waals surface area contributed by atoms with Crippen molar-refractivity contribution in [3.63, 3.8) is 0 Å². The highest BCUT2D eigenvalue weighted by Gasteiger charge is 2.15. The summed E-state index contributed by atoms with van der Waals surface area (Å²) >= 11 is 6.01. The van der Waals surface area contributed by atoms with Gasteiger partial charge in [-0.1, -0.05) is 35.9 Å². The molecule has 0 radical (unpaired) electrons. The van der Waals surface area contributed by atoms with Crippen LogP contribution in [0.2, 0.25) is 5.02 Å². The maximum Gasteiger partial charge on any atom is 0.296 e. The highest BCUT2D eigenvalue weighted by atomic mass is 35.5. The summed E-state index contributed by atoms with van der Waals surface area (Å²) in [5, 5.41) is 1.98. The van der Waals surface area contributed by atoms with Crippen molar-refractivity contribution in [2.24, 2.45) is 0 Å². The van der Waals surface area contributed by atoms with Crippen LogP contribution in [0.5, 0.6) is 0 Å². The molecule has 0 aliphatic carbocycles. The van der Waals surface area contributed by atoms with Gasteiger partial charge in [-0.3, -0.25) is 4.18 Å². The third-order valence-corrected chi connectivity index (χ3v) is 3.86. The van der Waals surface area contributed by atoms with Crippen molar-refractivity contribution < 1.29 is 12.6 Å². The second-order valence-corrected chi connectivity index (χ2v) is 5.37. The first-order chi connectivity index (χ1) is 7.54. The molecule has 16 heavy (non-hydrogen) atoms. The van der Waals surface area contributed by atoms with Crippen molar-refractivity contribution in [3.8, 4) is 0 Å². The van der Waals surface area contributed by atoms with Crippen LogP contribution in [-0.2, 0) is 14.3 Å². The average molecular weight is 257 g/mol. The van der Waals surface area contributed by atoms with E-state index in [1.165, 1.54) is 6.07 Å². The molecule has 84 valence electrons. The Bertz CT molecular complexity index is 635. The van der Waals surface area contributed by atoms with Crippen molar-refractivity contribution >= 4 is 32.5 Å². The van der Waals surface area contributed by atoms with Crippen LogP contribution in [0.1, 0.15) is 0 Å². The molecule has 0 aliphatic rings. The second-order valence-electron chi connectivity index (χ2n) is 3.25. The lowest BCUT2D eigenvalue weighted by molar-refractivity contribution is 0.398. The molecule has 0 fully saturated rings. The minimum Gasteiger partial charge on any atom is -0.270 e. The van der Waals surface area contributed by atoms with Gasteiger partial charge < -0.3 is 0 Å². The first-order valence-electron chi connectivity index (χ1n) is 4.53. The van der Waals surface area contributed by atoms with Gasteiger partial charge in [0.15, 0.2) is 0 Å². The van der Waals surface area contributed by atoms with Crippen LogP contribution in [0, 0.1) is 0 Å². The standard InChI is InChI=1S/C11H9ClO3S/c1-15-16(13,14)9-6-8-4-2-3-5-10(8)11(12)7-9/h2-7H,1H3. The zero-order chi connectivity index (χ0) is 11.8. The average Bonchev–Trinajstić information content (AvgIpc) is 2.29. The Hall–Kier alpha value is -1.10. The second kappa shape index (κ2) is 4.05. The molecule has 0 saturated heterocycles. The molecule has 0 spiro atoms. The molecule has 0 amide bonds. The van der Waals surface area contributed by atoms with Gasteiger partial charge in [0.2, 0.25) is 0 Å². The molecule has 2 aromatic rings. The van der Waals surface area contributed by atoms with Crippen molar-refractivity contribution in [3.05, 3.63) is 41.4 Å².